The van der Waals surface area contributed by atoms with Crippen LogP contribution >= 0.6 is 0 Å². The Morgan fingerprint density at radius 2 is 1.92 bits per heavy atom. The summed E-state index contributed by atoms with van der Waals surface area (Å²) >= 11 is 0. The molecule has 0 spiro atoms. The van der Waals surface area contributed by atoms with Crippen LogP contribution in [0.25, 0.3) is 0 Å². The average Bonchev–Trinajstić information content (AvgIpc) is 2.55. The molecule has 0 heterocycles. The molecule has 66 valence electrons. The number of rotatable bonds is 2. The summed E-state index contributed by atoms with van der Waals surface area (Å²) in [4.78, 5) is 20.9. The lowest BCUT2D eigenvalue weighted by Crippen LogP contribution is -2.07. The van der Waals surface area contributed by atoms with Crippen LogP contribution < -0.4 is 0 Å². The highest BCUT2D eigenvalue weighted by atomic mass is 16.3. The first kappa shape index (κ1) is 8.04. The lowest BCUT2D eigenvalue weighted by Gasteiger charge is -2.03. The van der Waals surface area contributed by atoms with Gasteiger partial charge in [0.2, 0.25) is 0 Å². The fraction of sp³-hybridized carbons (Fsp3) is 0.333. The third-order valence-electron chi connectivity index (χ3n) is 2.42. The van der Waals surface area contributed by atoms with Crippen molar-refractivity contribution in [3.63, 3.8) is 0 Å². The summed E-state index contributed by atoms with van der Waals surface area (Å²) in [5.74, 6) is 0. The van der Waals surface area contributed by atoms with E-state index in [1.807, 2.05) is 24.3 Å². The van der Waals surface area contributed by atoms with Crippen LogP contribution in [0.3, 0.4) is 0 Å². The largest absolute Gasteiger partial charge is 0.150 e. The second-order valence-corrected chi connectivity index (χ2v) is 3.13. The minimum Gasteiger partial charge on any atom is -0.150 e. The Balaban J connectivity index is 2.45. The maximum Gasteiger partial charge on any atom is 0.143 e. The van der Waals surface area contributed by atoms with Crippen LogP contribution in [0, 0.1) is 9.81 Å². The highest BCUT2D eigenvalue weighted by Gasteiger charge is 2.34. The van der Waals surface area contributed by atoms with Crippen LogP contribution in [0.1, 0.15) is 17.2 Å². The molecule has 0 fully saturated rings. The van der Waals surface area contributed by atoms with Crippen molar-refractivity contribution in [2.24, 2.45) is 10.4 Å². The summed E-state index contributed by atoms with van der Waals surface area (Å²) in [5, 5.41) is 5.85. The SMILES string of the molecule is O=N[C@H]1Cc2ccccc2[C@H]1N=O. The molecule has 0 aromatic heterocycles. The molecule has 4 nitrogen and oxygen atoms in total. The smallest absolute Gasteiger partial charge is 0.143 e. The Bertz CT molecular complexity index is 351. The normalized spacial score (nSPS) is 25.2. The van der Waals surface area contributed by atoms with Crippen molar-refractivity contribution < 1.29 is 0 Å². The number of fused-ring (bicyclic) bond motifs is 1. The molecule has 1 aliphatic carbocycles. The van der Waals surface area contributed by atoms with Gasteiger partial charge in [0.05, 0.1) is 0 Å². The van der Waals surface area contributed by atoms with Gasteiger partial charge in [-0.3, -0.25) is 0 Å². The fourth-order valence-electron chi connectivity index (χ4n) is 1.77. The molecule has 1 aromatic rings. The molecule has 0 amide bonds. The van der Waals surface area contributed by atoms with Crippen molar-refractivity contribution in [2.75, 3.05) is 0 Å². The van der Waals surface area contributed by atoms with Crippen LogP contribution in [0.5, 0.6) is 0 Å². The Morgan fingerprint density at radius 3 is 2.62 bits per heavy atom. The van der Waals surface area contributed by atoms with Gasteiger partial charge in [-0.1, -0.05) is 34.6 Å². The lowest BCUT2D eigenvalue weighted by atomic mass is 10.1. The standard InChI is InChI=1S/C9H8N2O2/c12-10-8-5-6-3-1-2-4-7(6)9(8)11-13/h1-4,8-9H,5H2/t8-,9+/m0/s1. The number of nitrogens with zero attached hydrogens (tertiary/aromatic N) is 2. The van der Waals surface area contributed by atoms with E-state index in [9.17, 15) is 9.81 Å². The van der Waals surface area contributed by atoms with Crippen LogP contribution in [0.15, 0.2) is 34.6 Å². The summed E-state index contributed by atoms with van der Waals surface area (Å²) in [5.41, 5.74) is 1.86. The van der Waals surface area contributed by atoms with Crippen LogP contribution in [-0.2, 0) is 6.42 Å². The molecule has 0 unspecified atom stereocenters. The molecule has 13 heavy (non-hydrogen) atoms. The first-order chi connectivity index (χ1) is 6.36. The van der Waals surface area contributed by atoms with Gasteiger partial charge in [-0.15, -0.1) is 0 Å². The minimum atomic E-state index is -0.575. The van der Waals surface area contributed by atoms with E-state index < -0.39 is 12.1 Å². The van der Waals surface area contributed by atoms with Gasteiger partial charge in [0.1, 0.15) is 12.1 Å². The molecule has 1 aliphatic rings. The number of hydrogen-bond acceptors (Lipinski definition) is 4. The van der Waals surface area contributed by atoms with E-state index in [-0.39, 0.29) is 0 Å². The lowest BCUT2D eigenvalue weighted by molar-refractivity contribution is 0.590. The molecular formula is C9H8N2O2. The third-order valence-corrected chi connectivity index (χ3v) is 2.42. The fourth-order valence-corrected chi connectivity index (χ4v) is 1.77. The van der Waals surface area contributed by atoms with Crippen LogP contribution in [-0.4, -0.2) is 6.04 Å². The van der Waals surface area contributed by atoms with E-state index >= 15 is 0 Å². The molecule has 0 bridgehead atoms. The van der Waals surface area contributed by atoms with Crippen LogP contribution in [0.2, 0.25) is 0 Å². The number of benzene rings is 1. The Morgan fingerprint density at radius 1 is 1.15 bits per heavy atom. The van der Waals surface area contributed by atoms with Crippen molar-refractivity contribution in [3.8, 4) is 0 Å². The van der Waals surface area contributed by atoms with Gasteiger partial charge in [-0.05, 0) is 11.1 Å². The van der Waals surface area contributed by atoms with E-state index in [0.29, 0.717) is 6.42 Å². The zero-order valence-electron chi connectivity index (χ0n) is 6.88. The van der Waals surface area contributed by atoms with Gasteiger partial charge in [0.15, 0.2) is 0 Å². The van der Waals surface area contributed by atoms with Crippen molar-refractivity contribution in [1.82, 2.24) is 0 Å². The van der Waals surface area contributed by atoms with Gasteiger partial charge in [0.25, 0.3) is 0 Å². The quantitative estimate of drug-likeness (QED) is 0.648. The van der Waals surface area contributed by atoms with E-state index in [4.69, 9.17) is 0 Å². The number of hydrogen-bond donors (Lipinski definition) is 0. The third kappa shape index (κ3) is 1.14. The minimum absolute atomic E-state index is 0.505. The topological polar surface area (TPSA) is 58.9 Å². The molecule has 2 rings (SSSR count). The molecule has 1 aromatic carbocycles. The summed E-state index contributed by atoms with van der Waals surface area (Å²) in [6, 6.07) is 6.37. The zero-order valence-corrected chi connectivity index (χ0v) is 6.88. The maximum atomic E-state index is 10.5. The first-order valence-electron chi connectivity index (χ1n) is 4.09. The van der Waals surface area contributed by atoms with Crippen molar-refractivity contribution >= 4 is 0 Å². The highest BCUT2D eigenvalue weighted by molar-refractivity contribution is 5.37. The molecule has 0 saturated heterocycles. The van der Waals surface area contributed by atoms with Crippen molar-refractivity contribution in [3.05, 3.63) is 45.2 Å². The Kier molecular flexibility index (Phi) is 1.88. The molecule has 2 atom stereocenters. The summed E-state index contributed by atoms with van der Waals surface area (Å²) < 4.78 is 0. The van der Waals surface area contributed by atoms with Gasteiger partial charge >= 0.3 is 0 Å². The second-order valence-electron chi connectivity index (χ2n) is 3.13. The van der Waals surface area contributed by atoms with Gasteiger partial charge in [0, 0.05) is 6.42 Å². The van der Waals surface area contributed by atoms with E-state index in [1.54, 1.807) is 0 Å². The van der Waals surface area contributed by atoms with Gasteiger partial charge in [-0.25, -0.2) is 0 Å². The molecule has 0 radical (unpaired) electrons. The second kappa shape index (κ2) is 3.05. The number of nitroso groups, excluding NO2 is 2. The average molecular weight is 176 g/mol. The van der Waals surface area contributed by atoms with E-state index in [2.05, 4.69) is 10.4 Å². The highest BCUT2D eigenvalue weighted by Crippen LogP contribution is 2.35. The van der Waals surface area contributed by atoms with Gasteiger partial charge < -0.3 is 0 Å². The maximum absolute atomic E-state index is 10.5. The molecule has 4 heteroatoms. The summed E-state index contributed by atoms with van der Waals surface area (Å²) in [6.07, 6.45) is 0.538. The van der Waals surface area contributed by atoms with Crippen LogP contribution in [0.4, 0.5) is 0 Å². The predicted molar refractivity (Wildman–Crippen MR) is 48.3 cm³/mol. The monoisotopic (exact) mass is 176 g/mol. The first-order valence-corrected chi connectivity index (χ1v) is 4.09. The molecule has 0 saturated carbocycles. The Hall–Kier alpha value is -1.58. The van der Waals surface area contributed by atoms with Crippen molar-refractivity contribution in [2.45, 2.75) is 18.5 Å². The molecule has 0 aliphatic heterocycles. The van der Waals surface area contributed by atoms with Gasteiger partial charge in [-0.2, -0.15) is 9.81 Å². The Labute approximate surface area is 74.9 Å². The van der Waals surface area contributed by atoms with E-state index in [1.165, 1.54) is 0 Å². The molecular weight excluding hydrogens is 168 g/mol. The summed E-state index contributed by atoms with van der Waals surface area (Å²) in [7, 11) is 0. The summed E-state index contributed by atoms with van der Waals surface area (Å²) in [6.45, 7) is 0. The van der Waals surface area contributed by atoms with E-state index in [0.717, 1.165) is 11.1 Å². The zero-order chi connectivity index (χ0) is 9.26. The van der Waals surface area contributed by atoms with Crippen molar-refractivity contribution in [1.29, 1.82) is 0 Å². The molecule has 0 N–H and O–H groups in total. The predicted octanol–water partition coefficient (Wildman–Crippen LogP) is 2.19.